The number of hydrogen-bond donors (Lipinski definition) is 0. The first-order chi connectivity index (χ1) is 5.61. The molecule has 1 saturated heterocycles. The quantitative estimate of drug-likeness (QED) is 0.529. The summed E-state index contributed by atoms with van der Waals surface area (Å²) in [6.07, 6.45) is 1.04. The predicted molar refractivity (Wildman–Crippen MR) is 45.7 cm³/mol. The Balaban J connectivity index is 2.31. The Morgan fingerprint density at radius 3 is 2.42 bits per heavy atom. The second-order valence-corrected chi connectivity index (χ2v) is 3.58. The van der Waals surface area contributed by atoms with Gasteiger partial charge in [-0.05, 0) is 13.3 Å². The SMILES string of the molecule is CC(=O)C(Br)C(=O)ON1CCC1. The van der Waals surface area contributed by atoms with Crippen molar-refractivity contribution in [1.82, 2.24) is 5.06 Å². The Kier molecular flexibility index (Phi) is 3.22. The molecule has 1 unspecified atom stereocenters. The molecule has 1 rings (SSSR count). The summed E-state index contributed by atoms with van der Waals surface area (Å²) in [4.78, 5) is 25.8. The average molecular weight is 236 g/mol. The van der Waals surface area contributed by atoms with Crippen molar-refractivity contribution in [3.63, 3.8) is 0 Å². The van der Waals surface area contributed by atoms with Crippen molar-refractivity contribution in [3.05, 3.63) is 0 Å². The molecule has 12 heavy (non-hydrogen) atoms. The molecule has 0 saturated carbocycles. The normalized spacial score (nSPS) is 19.5. The van der Waals surface area contributed by atoms with Gasteiger partial charge >= 0.3 is 5.97 Å². The standard InChI is InChI=1S/C7H10BrNO3/c1-5(10)6(8)7(11)12-9-3-2-4-9/h6H,2-4H2,1H3. The third-order valence-electron chi connectivity index (χ3n) is 1.60. The van der Waals surface area contributed by atoms with E-state index < -0.39 is 10.8 Å². The predicted octanol–water partition coefficient (Wildman–Crippen LogP) is 0.503. The van der Waals surface area contributed by atoms with E-state index in [1.54, 1.807) is 5.06 Å². The zero-order valence-electron chi connectivity index (χ0n) is 6.75. The zero-order valence-corrected chi connectivity index (χ0v) is 8.33. The molecule has 1 aliphatic rings. The van der Waals surface area contributed by atoms with E-state index in [-0.39, 0.29) is 5.78 Å². The molecular weight excluding hydrogens is 226 g/mol. The highest BCUT2D eigenvalue weighted by molar-refractivity contribution is 9.10. The largest absolute Gasteiger partial charge is 0.366 e. The highest BCUT2D eigenvalue weighted by Gasteiger charge is 2.26. The molecular formula is C7H10BrNO3. The van der Waals surface area contributed by atoms with Crippen LogP contribution in [0.5, 0.6) is 0 Å². The molecule has 0 aromatic carbocycles. The van der Waals surface area contributed by atoms with Crippen LogP contribution >= 0.6 is 15.9 Å². The van der Waals surface area contributed by atoms with E-state index in [1.165, 1.54) is 6.92 Å². The van der Waals surface area contributed by atoms with Crippen LogP contribution < -0.4 is 0 Å². The summed E-state index contributed by atoms with van der Waals surface area (Å²) in [5.41, 5.74) is 0. The molecule has 0 spiro atoms. The molecule has 1 atom stereocenters. The van der Waals surface area contributed by atoms with Gasteiger partial charge in [0.05, 0.1) is 0 Å². The minimum absolute atomic E-state index is 0.236. The van der Waals surface area contributed by atoms with Gasteiger partial charge in [0.2, 0.25) is 0 Å². The van der Waals surface area contributed by atoms with Gasteiger partial charge in [-0.25, -0.2) is 4.79 Å². The Morgan fingerprint density at radius 1 is 1.50 bits per heavy atom. The van der Waals surface area contributed by atoms with Gasteiger partial charge in [0.1, 0.15) is 0 Å². The van der Waals surface area contributed by atoms with Crippen LogP contribution in [0.25, 0.3) is 0 Å². The van der Waals surface area contributed by atoms with Gasteiger partial charge in [-0.2, -0.15) is 0 Å². The lowest BCUT2D eigenvalue weighted by Gasteiger charge is -2.28. The minimum Gasteiger partial charge on any atom is -0.366 e. The smallest absolute Gasteiger partial charge is 0.346 e. The molecule has 0 amide bonds. The van der Waals surface area contributed by atoms with Crippen molar-refractivity contribution in [2.75, 3.05) is 13.1 Å². The van der Waals surface area contributed by atoms with Crippen molar-refractivity contribution in [3.8, 4) is 0 Å². The number of nitrogens with zero attached hydrogens (tertiary/aromatic N) is 1. The maximum absolute atomic E-state index is 11.1. The van der Waals surface area contributed by atoms with Crippen molar-refractivity contribution < 1.29 is 14.4 Å². The van der Waals surface area contributed by atoms with Crippen LogP contribution in [0.3, 0.4) is 0 Å². The van der Waals surface area contributed by atoms with Crippen molar-refractivity contribution in [2.24, 2.45) is 0 Å². The van der Waals surface area contributed by atoms with Crippen LogP contribution in [0.2, 0.25) is 0 Å². The number of rotatable bonds is 3. The van der Waals surface area contributed by atoms with Crippen LogP contribution in [-0.2, 0) is 14.4 Å². The number of Topliss-reactive ketones (excluding diaryl/α,β-unsaturated/α-hetero) is 1. The van der Waals surface area contributed by atoms with E-state index in [2.05, 4.69) is 15.9 Å². The summed E-state index contributed by atoms with van der Waals surface area (Å²) in [7, 11) is 0. The van der Waals surface area contributed by atoms with E-state index in [1.807, 2.05) is 0 Å². The molecule has 5 heteroatoms. The summed E-state index contributed by atoms with van der Waals surface area (Å²) < 4.78 is 0. The molecule has 0 radical (unpaired) electrons. The molecule has 0 aromatic rings. The molecule has 1 aliphatic heterocycles. The van der Waals surface area contributed by atoms with E-state index in [4.69, 9.17) is 4.84 Å². The number of halogens is 1. The van der Waals surface area contributed by atoms with Crippen LogP contribution in [-0.4, -0.2) is 34.7 Å². The first-order valence-electron chi connectivity index (χ1n) is 3.72. The highest BCUT2D eigenvalue weighted by atomic mass is 79.9. The minimum atomic E-state index is -0.821. The summed E-state index contributed by atoms with van der Waals surface area (Å²) >= 11 is 2.94. The molecule has 0 aromatic heterocycles. The van der Waals surface area contributed by atoms with Gasteiger partial charge < -0.3 is 4.84 Å². The number of carbonyl (C=O) groups is 2. The van der Waals surface area contributed by atoms with E-state index in [0.717, 1.165) is 19.5 Å². The van der Waals surface area contributed by atoms with Crippen molar-refractivity contribution in [1.29, 1.82) is 0 Å². The molecule has 4 nitrogen and oxygen atoms in total. The highest BCUT2D eigenvalue weighted by Crippen LogP contribution is 2.10. The Bertz CT molecular complexity index is 203. The summed E-state index contributed by atoms with van der Waals surface area (Å²) in [5, 5.41) is 1.54. The summed E-state index contributed by atoms with van der Waals surface area (Å²) in [6, 6.07) is 0. The number of hydrogen-bond acceptors (Lipinski definition) is 4. The fourth-order valence-electron chi connectivity index (χ4n) is 0.718. The van der Waals surface area contributed by atoms with Crippen molar-refractivity contribution in [2.45, 2.75) is 18.2 Å². The van der Waals surface area contributed by atoms with Crippen LogP contribution in [0.1, 0.15) is 13.3 Å². The van der Waals surface area contributed by atoms with E-state index in [0.29, 0.717) is 0 Å². The number of hydroxylamine groups is 2. The van der Waals surface area contributed by atoms with Gasteiger partial charge in [-0.1, -0.05) is 15.9 Å². The number of carbonyl (C=O) groups excluding carboxylic acids is 2. The maximum atomic E-state index is 11.1. The molecule has 0 bridgehead atoms. The van der Waals surface area contributed by atoms with E-state index in [9.17, 15) is 9.59 Å². The Hall–Kier alpha value is -0.420. The van der Waals surface area contributed by atoms with Gasteiger partial charge in [-0.15, -0.1) is 5.06 Å². The molecule has 0 aliphatic carbocycles. The summed E-state index contributed by atoms with van der Waals surface area (Å²) in [5.74, 6) is -0.761. The molecule has 1 heterocycles. The first kappa shape index (κ1) is 9.67. The van der Waals surface area contributed by atoms with Crippen LogP contribution in [0, 0.1) is 0 Å². The lowest BCUT2D eigenvalue weighted by atomic mass is 10.3. The van der Waals surface area contributed by atoms with Crippen LogP contribution in [0.4, 0.5) is 0 Å². The second-order valence-electron chi connectivity index (χ2n) is 2.67. The van der Waals surface area contributed by atoms with Gasteiger partial charge in [-0.3, -0.25) is 4.79 Å². The molecule has 0 N–H and O–H groups in total. The average Bonchev–Trinajstić information content (AvgIpc) is 1.94. The number of ketones is 1. The van der Waals surface area contributed by atoms with Gasteiger partial charge in [0, 0.05) is 13.1 Å². The van der Waals surface area contributed by atoms with E-state index >= 15 is 0 Å². The molecule has 1 fully saturated rings. The topological polar surface area (TPSA) is 46.6 Å². The zero-order chi connectivity index (χ0) is 9.14. The first-order valence-corrected chi connectivity index (χ1v) is 4.64. The lowest BCUT2D eigenvalue weighted by Crippen LogP contribution is -2.41. The third kappa shape index (κ3) is 2.28. The van der Waals surface area contributed by atoms with Gasteiger partial charge in [0.15, 0.2) is 10.6 Å². The summed E-state index contributed by atoms with van der Waals surface area (Å²) in [6.45, 7) is 2.88. The van der Waals surface area contributed by atoms with Crippen LogP contribution in [0.15, 0.2) is 0 Å². The fourth-order valence-corrected chi connectivity index (χ4v) is 0.802. The van der Waals surface area contributed by atoms with Crippen molar-refractivity contribution >= 4 is 27.7 Å². The monoisotopic (exact) mass is 235 g/mol. The molecule has 68 valence electrons. The Labute approximate surface area is 78.9 Å². The van der Waals surface area contributed by atoms with Gasteiger partial charge in [0.25, 0.3) is 0 Å². The maximum Gasteiger partial charge on any atom is 0.346 e. The fraction of sp³-hybridized carbons (Fsp3) is 0.714. The third-order valence-corrected chi connectivity index (χ3v) is 2.62. The number of alkyl halides is 1. The second kappa shape index (κ2) is 4.00. The lowest BCUT2D eigenvalue weighted by molar-refractivity contribution is -0.206. The Morgan fingerprint density at radius 2 is 2.08 bits per heavy atom.